The van der Waals surface area contributed by atoms with Crippen molar-refractivity contribution in [1.29, 1.82) is 0 Å². The number of benzene rings is 1. The first-order chi connectivity index (χ1) is 9.06. The second kappa shape index (κ2) is 4.57. The number of fused-ring (bicyclic) bond motifs is 1. The van der Waals surface area contributed by atoms with Gasteiger partial charge in [0.1, 0.15) is 5.82 Å². The number of thiophene rings is 1. The van der Waals surface area contributed by atoms with Gasteiger partial charge in [0.05, 0.1) is 4.88 Å². The van der Waals surface area contributed by atoms with E-state index in [0.29, 0.717) is 16.7 Å². The lowest BCUT2D eigenvalue weighted by Gasteiger charge is -2.05. The largest absolute Gasteiger partial charge is 0.288 e. The maximum Gasteiger partial charge on any atom is 0.202 e. The van der Waals surface area contributed by atoms with Crippen molar-refractivity contribution >= 4 is 17.1 Å². The van der Waals surface area contributed by atoms with Gasteiger partial charge in [-0.3, -0.25) is 4.79 Å². The molecule has 3 heteroatoms. The van der Waals surface area contributed by atoms with E-state index in [1.54, 1.807) is 37.3 Å². The molecule has 0 bridgehead atoms. The average molecular weight is 274 g/mol. The molecule has 0 aliphatic heterocycles. The minimum Gasteiger partial charge on any atom is -0.288 e. The summed E-state index contributed by atoms with van der Waals surface area (Å²) in [5, 5.41) is 0. The molecule has 0 N–H and O–H groups in total. The van der Waals surface area contributed by atoms with Crippen LogP contribution in [0.5, 0.6) is 0 Å². The van der Waals surface area contributed by atoms with E-state index in [2.05, 4.69) is 0 Å². The lowest BCUT2D eigenvalue weighted by Crippen LogP contribution is -2.02. The van der Waals surface area contributed by atoms with Crippen LogP contribution in [-0.2, 0) is 12.8 Å². The SMILES string of the molecule is Cc1cc(C(=O)c2cc3c(s2)CCC3)cc(C)c1F. The number of carbonyl (C=O) groups is 1. The number of hydrogen-bond acceptors (Lipinski definition) is 2. The fourth-order valence-corrected chi connectivity index (χ4v) is 3.88. The van der Waals surface area contributed by atoms with Crippen LogP contribution in [-0.4, -0.2) is 5.78 Å². The van der Waals surface area contributed by atoms with Gasteiger partial charge in [0.2, 0.25) is 5.78 Å². The molecule has 1 aliphatic rings. The Morgan fingerprint density at radius 1 is 1.16 bits per heavy atom. The van der Waals surface area contributed by atoms with Crippen molar-refractivity contribution in [2.75, 3.05) is 0 Å². The van der Waals surface area contributed by atoms with Gasteiger partial charge in [-0.25, -0.2) is 4.39 Å². The van der Waals surface area contributed by atoms with E-state index in [0.717, 1.165) is 17.7 Å². The third-order valence-corrected chi connectivity index (χ3v) is 4.90. The predicted octanol–water partition coefficient (Wildman–Crippen LogP) is 4.22. The molecular formula is C16H15FOS. The first-order valence-electron chi connectivity index (χ1n) is 6.49. The van der Waals surface area contributed by atoms with Gasteiger partial charge in [0.25, 0.3) is 0 Å². The van der Waals surface area contributed by atoms with Crippen LogP contribution in [0.15, 0.2) is 18.2 Å². The molecule has 0 amide bonds. The van der Waals surface area contributed by atoms with Gasteiger partial charge in [-0.05, 0) is 68.0 Å². The molecule has 98 valence electrons. The Morgan fingerprint density at radius 2 is 1.84 bits per heavy atom. The van der Waals surface area contributed by atoms with Crippen molar-refractivity contribution in [3.05, 3.63) is 56.0 Å². The van der Waals surface area contributed by atoms with Crippen LogP contribution in [0.2, 0.25) is 0 Å². The fraction of sp³-hybridized carbons (Fsp3) is 0.312. The Bertz CT molecular complexity index is 625. The van der Waals surface area contributed by atoms with E-state index >= 15 is 0 Å². The fourth-order valence-electron chi connectivity index (χ4n) is 2.66. The predicted molar refractivity (Wildman–Crippen MR) is 75.7 cm³/mol. The van der Waals surface area contributed by atoms with Gasteiger partial charge in [-0.15, -0.1) is 11.3 Å². The van der Waals surface area contributed by atoms with E-state index in [1.165, 1.54) is 16.9 Å². The van der Waals surface area contributed by atoms with E-state index in [1.807, 2.05) is 6.07 Å². The van der Waals surface area contributed by atoms with Crippen LogP contribution in [0.3, 0.4) is 0 Å². The maximum atomic E-state index is 13.6. The first-order valence-corrected chi connectivity index (χ1v) is 7.31. The molecule has 3 rings (SSSR count). The number of carbonyl (C=O) groups excluding carboxylic acids is 1. The van der Waals surface area contributed by atoms with Crippen LogP contribution in [0, 0.1) is 19.7 Å². The number of aryl methyl sites for hydroxylation is 4. The molecule has 1 aromatic carbocycles. The number of hydrogen-bond donors (Lipinski definition) is 0. The van der Waals surface area contributed by atoms with Crippen LogP contribution in [0.25, 0.3) is 0 Å². The molecule has 0 spiro atoms. The van der Waals surface area contributed by atoms with Crippen LogP contribution < -0.4 is 0 Å². The van der Waals surface area contributed by atoms with Crippen molar-refractivity contribution in [3.8, 4) is 0 Å². The highest BCUT2D eigenvalue weighted by atomic mass is 32.1. The maximum absolute atomic E-state index is 13.6. The van der Waals surface area contributed by atoms with Crippen LogP contribution >= 0.6 is 11.3 Å². The highest BCUT2D eigenvalue weighted by molar-refractivity contribution is 7.14. The van der Waals surface area contributed by atoms with E-state index in [4.69, 9.17) is 0 Å². The Balaban J connectivity index is 1.99. The molecule has 19 heavy (non-hydrogen) atoms. The Kier molecular flexibility index (Phi) is 3.02. The smallest absolute Gasteiger partial charge is 0.202 e. The van der Waals surface area contributed by atoms with E-state index in [9.17, 15) is 9.18 Å². The summed E-state index contributed by atoms with van der Waals surface area (Å²) in [7, 11) is 0. The molecule has 0 atom stereocenters. The quantitative estimate of drug-likeness (QED) is 0.749. The molecule has 1 heterocycles. The van der Waals surface area contributed by atoms with Gasteiger partial charge in [0, 0.05) is 10.4 Å². The van der Waals surface area contributed by atoms with Crippen molar-refractivity contribution in [2.24, 2.45) is 0 Å². The standard InChI is InChI=1S/C16H15FOS/c1-9-6-12(7-10(2)15(9)17)16(18)14-8-11-4-3-5-13(11)19-14/h6-8H,3-5H2,1-2H3. The molecule has 1 aromatic heterocycles. The summed E-state index contributed by atoms with van der Waals surface area (Å²) in [6.45, 7) is 3.40. The van der Waals surface area contributed by atoms with Gasteiger partial charge in [-0.1, -0.05) is 0 Å². The zero-order valence-electron chi connectivity index (χ0n) is 11.0. The minimum absolute atomic E-state index is 0.0191. The third-order valence-electron chi connectivity index (χ3n) is 3.67. The summed E-state index contributed by atoms with van der Waals surface area (Å²) in [4.78, 5) is 14.6. The molecule has 0 fully saturated rings. The second-order valence-electron chi connectivity index (χ2n) is 5.17. The van der Waals surface area contributed by atoms with Crippen molar-refractivity contribution in [1.82, 2.24) is 0 Å². The molecular weight excluding hydrogens is 259 g/mol. The second-order valence-corrected chi connectivity index (χ2v) is 6.30. The summed E-state index contributed by atoms with van der Waals surface area (Å²) in [5.41, 5.74) is 2.99. The molecule has 0 radical (unpaired) electrons. The van der Waals surface area contributed by atoms with Crippen molar-refractivity contribution in [2.45, 2.75) is 33.1 Å². The molecule has 0 saturated heterocycles. The molecule has 2 aromatic rings. The number of rotatable bonds is 2. The lowest BCUT2D eigenvalue weighted by molar-refractivity contribution is 0.104. The summed E-state index contributed by atoms with van der Waals surface area (Å²) >= 11 is 1.60. The summed E-state index contributed by atoms with van der Waals surface area (Å²) < 4.78 is 13.6. The monoisotopic (exact) mass is 274 g/mol. The minimum atomic E-state index is -0.217. The Morgan fingerprint density at radius 3 is 2.47 bits per heavy atom. The topological polar surface area (TPSA) is 17.1 Å². The van der Waals surface area contributed by atoms with Gasteiger partial charge < -0.3 is 0 Å². The van der Waals surface area contributed by atoms with Gasteiger partial charge in [0.15, 0.2) is 0 Å². The van der Waals surface area contributed by atoms with Crippen molar-refractivity contribution in [3.63, 3.8) is 0 Å². The Labute approximate surface area is 116 Å². The van der Waals surface area contributed by atoms with Crippen LogP contribution in [0.1, 0.15) is 43.2 Å². The van der Waals surface area contributed by atoms with Crippen LogP contribution in [0.4, 0.5) is 4.39 Å². The zero-order valence-corrected chi connectivity index (χ0v) is 11.9. The third kappa shape index (κ3) is 2.12. The van der Waals surface area contributed by atoms with Gasteiger partial charge >= 0.3 is 0 Å². The number of ketones is 1. The molecule has 1 nitrogen and oxygen atoms in total. The van der Waals surface area contributed by atoms with Crippen molar-refractivity contribution < 1.29 is 9.18 Å². The highest BCUT2D eigenvalue weighted by Crippen LogP contribution is 2.32. The van der Waals surface area contributed by atoms with E-state index < -0.39 is 0 Å². The lowest BCUT2D eigenvalue weighted by atomic mass is 10.0. The normalized spacial score (nSPS) is 13.6. The average Bonchev–Trinajstić information content (AvgIpc) is 2.94. The van der Waals surface area contributed by atoms with E-state index in [-0.39, 0.29) is 11.6 Å². The molecule has 0 saturated carbocycles. The zero-order chi connectivity index (χ0) is 13.6. The first kappa shape index (κ1) is 12.5. The highest BCUT2D eigenvalue weighted by Gasteiger charge is 2.20. The summed E-state index contributed by atoms with van der Waals surface area (Å²) in [6, 6.07) is 5.31. The summed E-state index contributed by atoms with van der Waals surface area (Å²) in [6.07, 6.45) is 3.37. The summed E-state index contributed by atoms with van der Waals surface area (Å²) in [5.74, 6) is -0.198. The molecule has 1 aliphatic carbocycles. The number of halogens is 1. The molecule has 0 unspecified atom stereocenters. The Hall–Kier alpha value is -1.48. The van der Waals surface area contributed by atoms with Gasteiger partial charge in [-0.2, -0.15) is 0 Å².